The molecule has 1 saturated heterocycles. The molecule has 0 radical (unpaired) electrons. The molecule has 2 N–H and O–H groups in total. The lowest BCUT2D eigenvalue weighted by Crippen LogP contribution is -2.72. The number of nitrogens with one attached hydrogen (secondary N) is 2. The Hall–Kier alpha value is -4.00. The zero-order valence-electron chi connectivity index (χ0n) is 21.4. The predicted octanol–water partition coefficient (Wildman–Crippen LogP) is 5.56. The van der Waals surface area contributed by atoms with Crippen molar-refractivity contribution >= 4 is 23.3 Å². The summed E-state index contributed by atoms with van der Waals surface area (Å²) in [5, 5.41) is 6.19. The maximum atomic E-state index is 14.0. The van der Waals surface area contributed by atoms with Crippen LogP contribution in [0.25, 0.3) is 0 Å². The van der Waals surface area contributed by atoms with E-state index in [0.717, 1.165) is 27.9 Å². The normalized spacial score (nSPS) is 22.3. The van der Waals surface area contributed by atoms with Crippen LogP contribution in [0.1, 0.15) is 40.8 Å². The third-order valence-corrected chi connectivity index (χ3v) is 7.38. The first-order chi connectivity index (χ1) is 17.1. The van der Waals surface area contributed by atoms with Gasteiger partial charge < -0.3 is 20.1 Å². The Morgan fingerprint density at radius 2 is 1.81 bits per heavy atom. The quantitative estimate of drug-likeness (QED) is 0.507. The average molecular weight is 486 g/mol. The minimum Gasteiger partial charge on any atom is -0.493 e. The van der Waals surface area contributed by atoms with Crippen LogP contribution in [0.4, 0.5) is 16.2 Å². The summed E-state index contributed by atoms with van der Waals surface area (Å²) in [6.07, 6.45) is 0. The first kappa shape index (κ1) is 23.7. The molecule has 3 aromatic rings. The number of aryl methyl sites for hydroxylation is 4. The fourth-order valence-electron chi connectivity index (χ4n) is 5.35. The lowest BCUT2D eigenvalue weighted by atomic mass is 9.78. The van der Waals surface area contributed by atoms with E-state index in [2.05, 4.69) is 10.6 Å². The SMILES string of the molecule is COc1cccc2c1O[C@@]1(C)[C@H](C(=O)Nc3ccc(C)cc3C)[C@@H]2NC(=O)N1c1ccc(C)c(C)c1. The van der Waals surface area contributed by atoms with Crippen LogP contribution in [0.5, 0.6) is 11.5 Å². The molecule has 5 rings (SSSR count). The van der Waals surface area contributed by atoms with Crippen LogP contribution in [0.3, 0.4) is 0 Å². The van der Waals surface area contributed by atoms with E-state index in [1.807, 2.05) is 82.3 Å². The van der Waals surface area contributed by atoms with Crippen LogP contribution in [0.15, 0.2) is 54.6 Å². The van der Waals surface area contributed by atoms with Crippen LogP contribution in [0, 0.1) is 33.6 Å². The fourth-order valence-corrected chi connectivity index (χ4v) is 5.35. The van der Waals surface area contributed by atoms with Crippen molar-refractivity contribution in [3.63, 3.8) is 0 Å². The molecule has 186 valence electrons. The number of para-hydroxylation sites is 1. The minimum absolute atomic E-state index is 0.239. The summed E-state index contributed by atoms with van der Waals surface area (Å²) in [4.78, 5) is 29.1. The third kappa shape index (κ3) is 3.66. The average Bonchev–Trinajstić information content (AvgIpc) is 2.82. The molecule has 1 fully saturated rings. The standard InChI is InChI=1S/C29H31N3O4/c1-16-10-13-22(19(4)14-16)30-27(33)24-25-21-8-7-9-23(35-6)26(21)36-29(24,5)32(28(34)31-25)20-12-11-17(2)18(3)15-20/h7-15,24-25H,1-6H3,(H,30,33)(H,31,34)/t24-,25+,29-/m0/s1. The van der Waals surface area contributed by atoms with Gasteiger partial charge in [0.15, 0.2) is 11.5 Å². The van der Waals surface area contributed by atoms with Gasteiger partial charge in [-0.15, -0.1) is 0 Å². The van der Waals surface area contributed by atoms with Crippen LogP contribution >= 0.6 is 0 Å². The van der Waals surface area contributed by atoms with Crippen molar-refractivity contribution in [2.24, 2.45) is 5.92 Å². The van der Waals surface area contributed by atoms with Crippen molar-refractivity contribution in [1.82, 2.24) is 5.32 Å². The van der Waals surface area contributed by atoms with E-state index < -0.39 is 17.7 Å². The van der Waals surface area contributed by atoms with Gasteiger partial charge in [0.1, 0.15) is 5.92 Å². The Labute approximate surface area is 211 Å². The monoisotopic (exact) mass is 485 g/mol. The molecule has 0 aliphatic carbocycles. The Morgan fingerprint density at radius 3 is 2.50 bits per heavy atom. The molecular weight excluding hydrogens is 454 g/mol. The molecule has 2 bridgehead atoms. The number of methoxy groups -OCH3 is 1. The third-order valence-electron chi connectivity index (χ3n) is 7.38. The van der Waals surface area contributed by atoms with Gasteiger partial charge in [-0.25, -0.2) is 4.79 Å². The second kappa shape index (κ2) is 8.59. The first-order valence-electron chi connectivity index (χ1n) is 12.1. The number of urea groups is 1. The maximum Gasteiger partial charge on any atom is 0.325 e. The Balaban J connectivity index is 1.66. The molecule has 0 aromatic heterocycles. The largest absolute Gasteiger partial charge is 0.493 e. The van der Waals surface area contributed by atoms with E-state index in [4.69, 9.17) is 9.47 Å². The number of rotatable bonds is 4. The lowest BCUT2D eigenvalue weighted by molar-refractivity contribution is -0.131. The molecule has 36 heavy (non-hydrogen) atoms. The molecule has 7 heteroatoms. The van der Waals surface area contributed by atoms with Crippen molar-refractivity contribution in [2.45, 2.75) is 46.4 Å². The van der Waals surface area contributed by atoms with E-state index in [9.17, 15) is 9.59 Å². The number of anilines is 2. The van der Waals surface area contributed by atoms with Crippen LogP contribution < -0.4 is 25.0 Å². The second-order valence-electron chi connectivity index (χ2n) is 9.85. The summed E-state index contributed by atoms with van der Waals surface area (Å²) in [5.74, 6) is 0.0823. The van der Waals surface area contributed by atoms with Crippen LogP contribution in [-0.4, -0.2) is 24.8 Å². The van der Waals surface area contributed by atoms with Crippen molar-refractivity contribution < 1.29 is 19.1 Å². The molecule has 0 saturated carbocycles. The van der Waals surface area contributed by atoms with Gasteiger partial charge in [-0.05, 0) is 75.6 Å². The number of carbonyl (C=O) groups excluding carboxylic acids is 2. The minimum atomic E-state index is -1.32. The first-order valence-corrected chi connectivity index (χ1v) is 12.1. The smallest absolute Gasteiger partial charge is 0.325 e. The summed E-state index contributed by atoms with van der Waals surface area (Å²) in [5.41, 5.74) is 5.00. The van der Waals surface area contributed by atoms with Gasteiger partial charge in [-0.2, -0.15) is 0 Å². The highest BCUT2D eigenvalue weighted by Crippen LogP contribution is 2.52. The number of ether oxygens (including phenoxy) is 2. The number of fused-ring (bicyclic) bond motifs is 4. The second-order valence-corrected chi connectivity index (χ2v) is 9.85. The van der Waals surface area contributed by atoms with Gasteiger partial charge in [0.25, 0.3) is 0 Å². The predicted molar refractivity (Wildman–Crippen MR) is 140 cm³/mol. The number of hydrogen-bond donors (Lipinski definition) is 2. The summed E-state index contributed by atoms with van der Waals surface area (Å²) in [6.45, 7) is 9.80. The summed E-state index contributed by atoms with van der Waals surface area (Å²) >= 11 is 0. The van der Waals surface area contributed by atoms with Crippen molar-refractivity contribution in [3.8, 4) is 11.5 Å². The van der Waals surface area contributed by atoms with Crippen LogP contribution in [-0.2, 0) is 4.79 Å². The molecule has 3 amide bonds. The zero-order valence-corrected chi connectivity index (χ0v) is 21.4. The molecule has 2 heterocycles. The maximum absolute atomic E-state index is 14.0. The lowest BCUT2D eigenvalue weighted by Gasteiger charge is -2.54. The van der Waals surface area contributed by atoms with Gasteiger partial charge >= 0.3 is 6.03 Å². The Bertz CT molecular complexity index is 1380. The highest BCUT2D eigenvalue weighted by atomic mass is 16.5. The molecule has 3 atom stereocenters. The fraction of sp³-hybridized carbons (Fsp3) is 0.310. The van der Waals surface area contributed by atoms with E-state index in [1.165, 1.54) is 0 Å². The van der Waals surface area contributed by atoms with Gasteiger partial charge in [0.05, 0.1) is 13.2 Å². The van der Waals surface area contributed by atoms with Gasteiger partial charge in [-0.1, -0.05) is 35.9 Å². The highest BCUT2D eigenvalue weighted by molar-refractivity contribution is 6.02. The molecule has 7 nitrogen and oxygen atoms in total. The molecular formula is C29H31N3O4. The van der Waals surface area contributed by atoms with E-state index >= 15 is 0 Å². The Morgan fingerprint density at radius 1 is 1.03 bits per heavy atom. The highest BCUT2D eigenvalue weighted by Gasteiger charge is 2.60. The van der Waals surface area contributed by atoms with E-state index in [1.54, 1.807) is 18.9 Å². The summed E-state index contributed by atoms with van der Waals surface area (Å²) in [6, 6.07) is 16.3. The molecule has 0 spiro atoms. The topological polar surface area (TPSA) is 79.9 Å². The van der Waals surface area contributed by atoms with Crippen molar-refractivity contribution in [3.05, 3.63) is 82.4 Å². The van der Waals surface area contributed by atoms with Gasteiger partial charge in [0.2, 0.25) is 11.6 Å². The molecule has 2 aliphatic heterocycles. The van der Waals surface area contributed by atoms with Crippen LogP contribution in [0.2, 0.25) is 0 Å². The number of benzene rings is 3. The van der Waals surface area contributed by atoms with E-state index in [0.29, 0.717) is 22.7 Å². The molecule has 0 unspecified atom stereocenters. The van der Waals surface area contributed by atoms with Gasteiger partial charge in [-0.3, -0.25) is 9.69 Å². The summed E-state index contributed by atoms with van der Waals surface area (Å²) in [7, 11) is 1.58. The number of amides is 3. The van der Waals surface area contributed by atoms with Gasteiger partial charge in [0, 0.05) is 16.9 Å². The van der Waals surface area contributed by atoms with E-state index in [-0.39, 0.29) is 11.9 Å². The molecule has 2 aliphatic rings. The number of carbonyl (C=O) groups is 2. The van der Waals surface area contributed by atoms with Crippen molar-refractivity contribution in [2.75, 3.05) is 17.3 Å². The summed E-state index contributed by atoms with van der Waals surface area (Å²) < 4.78 is 12.2. The number of nitrogens with zero attached hydrogens (tertiary/aromatic N) is 1. The zero-order chi connectivity index (χ0) is 25.8. The van der Waals surface area contributed by atoms with Crippen molar-refractivity contribution in [1.29, 1.82) is 0 Å². The Kier molecular flexibility index (Phi) is 5.66. The molecule has 3 aromatic carbocycles. The number of hydrogen-bond acceptors (Lipinski definition) is 4.